The molecular formula is C18H20F3NO3. The van der Waals surface area contributed by atoms with Gasteiger partial charge in [-0.1, -0.05) is 12.1 Å². The highest BCUT2D eigenvalue weighted by Crippen LogP contribution is 2.39. The lowest BCUT2D eigenvalue weighted by atomic mass is 9.80. The van der Waals surface area contributed by atoms with Crippen LogP contribution in [0.25, 0.3) is 0 Å². The molecule has 2 aliphatic rings. The molecular weight excluding hydrogens is 335 g/mol. The number of carbonyl (C=O) groups is 2. The van der Waals surface area contributed by atoms with Crippen molar-refractivity contribution in [1.82, 2.24) is 4.90 Å². The van der Waals surface area contributed by atoms with E-state index in [2.05, 4.69) is 0 Å². The van der Waals surface area contributed by atoms with Gasteiger partial charge in [-0.15, -0.1) is 0 Å². The number of ether oxygens (including phenoxy) is 1. The molecule has 0 aromatic heterocycles. The smallest absolute Gasteiger partial charge is 0.416 e. The van der Waals surface area contributed by atoms with E-state index in [-0.39, 0.29) is 11.8 Å². The number of hydrogen-bond donors (Lipinski definition) is 0. The van der Waals surface area contributed by atoms with Crippen LogP contribution in [0.1, 0.15) is 56.2 Å². The van der Waals surface area contributed by atoms with Gasteiger partial charge in [-0.25, -0.2) is 4.79 Å². The molecule has 1 spiro atoms. The number of Topliss-reactive ketones (excluding diaryl/α,β-unsaturated/α-hetero) is 1. The molecule has 2 fully saturated rings. The molecule has 1 atom stereocenters. The second-order valence-electron chi connectivity index (χ2n) is 6.83. The lowest BCUT2D eigenvalue weighted by Gasteiger charge is -2.44. The highest BCUT2D eigenvalue weighted by atomic mass is 19.4. The quantitative estimate of drug-likeness (QED) is 0.785. The SMILES string of the molecule is CC(c1ccc(C(F)(F)F)cc1)N1CCC2(CCC(=O)CC2)OC1=O. The van der Waals surface area contributed by atoms with Crippen LogP contribution in [0.2, 0.25) is 0 Å². The second-order valence-corrected chi connectivity index (χ2v) is 6.83. The van der Waals surface area contributed by atoms with Crippen molar-refractivity contribution in [2.45, 2.75) is 56.8 Å². The molecule has 1 amide bonds. The number of alkyl halides is 3. The molecule has 1 aromatic carbocycles. The van der Waals surface area contributed by atoms with Crippen LogP contribution in [0, 0.1) is 0 Å². The minimum atomic E-state index is -4.38. The number of ketones is 1. The number of amides is 1. The van der Waals surface area contributed by atoms with E-state index in [0.717, 1.165) is 12.1 Å². The van der Waals surface area contributed by atoms with Crippen LogP contribution in [0.5, 0.6) is 0 Å². The lowest BCUT2D eigenvalue weighted by Crippen LogP contribution is -2.51. The first-order valence-corrected chi connectivity index (χ1v) is 8.39. The van der Waals surface area contributed by atoms with Crippen LogP contribution in [-0.4, -0.2) is 28.9 Å². The first-order chi connectivity index (χ1) is 11.7. The third-order valence-electron chi connectivity index (χ3n) is 5.25. The van der Waals surface area contributed by atoms with Crippen molar-refractivity contribution < 1.29 is 27.5 Å². The predicted molar refractivity (Wildman–Crippen MR) is 83.9 cm³/mol. The summed E-state index contributed by atoms with van der Waals surface area (Å²) in [6.45, 7) is 2.24. The molecule has 0 radical (unpaired) electrons. The van der Waals surface area contributed by atoms with Crippen molar-refractivity contribution in [3.8, 4) is 0 Å². The number of benzene rings is 1. The van der Waals surface area contributed by atoms with Gasteiger partial charge in [0.2, 0.25) is 0 Å². The van der Waals surface area contributed by atoms with Crippen molar-refractivity contribution in [3.63, 3.8) is 0 Å². The van der Waals surface area contributed by atoms with Gasteiger partial charge in [-0.05, 0) is 37.5 Å². The van der Waals surface area contributed by atoms with Crippen LogP contribution < -0.4 is 0 Å². The summed E-state index contributed by atoms with van der Waals surface area (Å²) in [6.07, 6.45) is -2.23. The van der Waals surface area contributed by atoms with E-state index in [1.807, 2.05) is 0 Å². The first kappa shape index (κ1) is 17.8. The normalized spacial score (nSPS) is 22.0. The molecule has 1 aliphatic carbocycles. The van der Waals surface area contributed by atoms with Gasteiger partial charge < -0.3 is 9.64 Å². The van der Waals surface area contributed by atoms with Gasteiger partial charge in [0, 0.05) is 25.8 Å². The van der Waals surface area contributed by atoms with Crippen LogP contribution in [0.3, 0.4) is 0 Å². The summed E-state index contributed by atoms with van der Waals surface area (Å²) in [7, 11) is 0. The summed E-state index contributed by atoms with van der Waals surface area (Å²) in [4.78, 5) is 25.4. The van der Waals surface area contributed by atoms with E-state index in [9.17, 15) is 22.8 Å². The van der Waals surface area contributed by atoms with E-state index >= 15 is 0 Å². The number of rotatable bonds is 2. The number of nitrogens with zero attached hydrogens (tertiary/aromatic N) is 1. The zero-order valence-corrected chi connectivity index (χ0v) is 13.9. The summed E-state index contributed by atoms with van der Waals surface area (Å²) < 4.78 is 43.6. The fourth-order valence-corrected chi connectivity index (χ4v) is 3.53. The Morgan fingerprint density at radius 1 is 1.08 bits per heavy atom. The molecule has 1 aliphatic heterocycles. The molecule has 1 saturated carbocycles. The number of halogens is 3. The average Bonchev–Trinajstić information content (AvgIpc) is 2.57. The average molecular weight is 355 g/mol. The van der Waals surface area contributed by atoms with Crippen molar-refractivity contribution in [3.05, 3.63) is 35.4 Å². The van der Waals surface area contributed by atoms with E-state index in [1.54, 1.807) is 6.92 Å². The summed E-state index contributed by atoms with van der Waals surface area (Å²) in [5.41, 5.74) is -0.642. The van der Waals surface area contributed by atoms with Gasteiger partial charge in [-0.2, -0.15) is 13.2 Å². The van der Waals surface area contributed by atoms with Gasteiger partial charge in [0.25, 0.3) is 0 Å². The first-order valence-electron chi connectivity index (χ1n) is 8.39. The predicted octanol–water partition coefficient (Wildman–Crippen LogP) is 4.49. The summed E-state index contributed by atoms with van der Waals surface area (Å²) in [5.74, 6) is 0.197. The van der Waals surface area contributed by atoms with Crippen LogP contribution in [-0.2, 0) is 15.7 Å². The van der Waals surface area contributed by atoms with Gasteiger partial charge in [0.15, 0.2) is 0 Å². The molecule has 136 valence electrons. The molecule has 0 bridgehead atoms. The summed E-state index contributed by atoms with van der Waals surface area (Å²) in [6, 6.07) is 4.46. The zero-order valence-electron chi connectivity index (χ0n) is 13.9. The third-order valence-corrected chi connectivity index (χ3v) is 5.25. The van der Waals surface area contributed by atoms with Crippen LogP contribution in [0.4, 0.5) is 18.0 Å². The Balaban J connectivity index is 1.68. The molecule has 3 rings (SSSR count). The van der Waals surface area contributed by atoms with Crippen molar-refractivity contribution >= 4 is 11.9 Å². The molecule has 25 heavy (non-hydrogen) atoms. The van der Waals surface area contributed by atoms with Crippen molar-refractivity contribution in [2.75, 3.05) is 6.54 Å². The highest BCUT2D eigenvalue weighted by molar-refractivity contribution is 5.80. The number of hydrogen-bond acceptors (Lipinski definition) is 3. The molecule has 1 heterocycles. The van der Waals surface area contributed by atoms with Crippen LogP contribution in [0.15, 0.2) is 24.3 Å². The number of carbonyl (C=O) groups excluding carboxylic acids is 2. The zero-order chi connectivity index (χ0) is 18.2. The van der Waals surface area contributed by atoms with E-state index in [0.29, 0.717) is 44.2 Å². The van der Waals surface area contributed by atoms with Crippen LogP contribution >= 0.6 is 0 Å². The largest absolute Gasteiger partial charge is 0.443 e. The lowest BCUT2D eigenvalue weighted by molar-refractivity contribution is -0.137. The minimum absolute atomic E-state index is 0.197. The third kappa shape index (κ3) is 3.65. The second kappa shape index (κ2) is 6.35. The molecule has 7 heteroatoms. The topological polar surface area (TPSA) is 46.6 Å². The maximum Gasteiger partial charge on any atom is 0.416 e. The van der Waals surface area contributed by atoms with Gasteiger partial charge in [-0.3, -0.25) is 4.79 Å². The summed E-state index contributed by atoms with van der Waals surface area (Å²) >= 11 is 0. The molecule has 1 unspecified atom stereocenters. The fraction of sp³-hybridized carbons (Fsp3) is 0.556. The Labute approximate surface area is 143 Å². The molecule has 1 aromatic rings. The highest BCUT2D eigenvalue weighted by Gasteiger charge is 2.44. The van der Waals surface area contributed by atoms with E-state index in [4.69, 9.17) is 4.74 Å². The van der Waals surface area contributed by atoms with E-state index in [1.165, 1.54) is 17.0 Å². The van der Waals surface area contributed by atoms with Gasteiger partial charge >= 0.3 is 12.3 Å². The standard InChI is InChI=1S/C18H20F3NO3/c1-12(13-2-4-14(5-3-13)18(19,20)21)22-11-10-17(25-16(22)24)8-6-15(23)7-9-17/h2-5,12H,6-11H2,1H3. The van der Waals surface area contributed by atoms with Gasteiger partial charge in [0.1, 0.15) is 11.4 Å². The monoisotopic (exact) mass is 355 g/mol. The minimum Gasteiger partial charge on any atom is -0.443 e. The fourth-order valence-electron chi connectivity index (χ4n) is 3.53. The Hall–Kier alpha value is -2.05. The van der Waals surface area contributed by atoms with E-state index < -0.39 is 23.4 Å². The Morgan fingerprint density at radius 2 is 1.68 bits per heavy atom. The van der Waals surface area contributed by atoms with Crippen molar-refractivity contribution in [1.29, 1.82) is 0 Å². The maximum atomic E-state index is 12.7. The Morgan fingerprint density at radius 3 is 2.20 bits per heavy atom. The molecule has 0 N–H and O–H groups in total. The molecule has 1 saturated heterocycles. The molecule has 4 nitrogen and oxygen atoms in total. The summed E-state index contributed by atoms with van der Waals surface area (Å²) in [5, 5.41) is 0. The maximum absolute atomic E-state index is 12.7. The Bertz CT molecular complexity index is 659. The van der Waals surface area contributed by atoms with Gasteiger partial charge in [0.05, 0.1) is 11.6 Å². The van der Waals surface area contributed by atoms with Crippen molar-refractivity contribution in [2.24, 2.45) is 0 Å². The Kier molecular flexibility index (Phi) is 4.51.